The van der Waals surface area contributed by atoms with Crippen molar-refractivity contribution in [1.82, 2.24) is 10.2 Å². The molecule has 116 valence electrons. The van der Waals surface area contributed by atoms with Crippen LogP contribution < -0.4 is 5.32 Å². The van der Waals surface area contributed by atoms with E-state index in [1.54, 1.807) is 0 Å². The minimum atomic E-state index is 0.0761. The average molecular weight is 314 g/mol. The van der Waals surface area contributed by atoms with Gasteiger partial charge >= 0.3 is 0 Å². The highest BCUT2D eigenvalue weighted by molar-refractivity contribution is 7.12. The zero-order valence-electron chi connectivity index (χ0n) is 12.9. The molecule has 0 radical (unpaired) electrons. The van der Waals surface area contributed by atoms with Crippen molar-refractivity contribution in [3.05, 3.63) is 57.8 Å². The Kier molecular flexibility index (Phi) is 4.90. The zero-order chi connectivity index (χ0) is 15.4. The van der Waals surface area contributed by atoms with Gasteiger partial charge in [0, 0.05) is 25.7 Å². The van der Waals surface area contributed by atoms with E-state index in [4.69, 9.17) is 0 Å². The molecule has 2 aromatic rings. The smallest absolute Gasteiger partial charge is 0.261 e. The number of nitrogens with zero attached hydrogens (tertiary/aromatic N) is 1. The number of nitrogens with one attached hydrogen (secondary N) is 1. The van der Waals surface area contributed by atoms with Gasteiger partial charge in [-0.2, -0.15) is 0 Å². The van der Waals surface area contributed by atoms with Gasteiger partial charge < -0.3 is 5.32 Å². The molecular weight excluding hydrogens is 292 g/mol. The fourth-order valence-corrected chi connectivity index (χ4v) is 3.60. The number of benzene rings is 1. The standard InChI is InChI=1S/C18H22N2OS/c1-14-4-2-5-15(12-14)13-20-9-7-16(8-10-20)19-18(21)17-6-3-11-22-17/h2-6,11-12,16H,7-10,13H2,1H3,(H,19,21). The molecule has 0 aliphatic carbocycles. The number of likely N-dealkylation sites (tertiary alicyclic amines) is 1. The Morgan fingerprint density at radius 3 is 2.77 bits per heavy atom. The molecule has 1 aliphatic heterocycles. The summed E-state index contributed by atoms with van der Waals surface area (Å²) < 4.78 is 0. The lowest BCUT2D eigenvalue weighted by Gasteiger charge is -2.32. The molecule has 1 aromatic heterocycles. The van der Waals surface area contributed by atoms with Crippen LogP contribution >= 0.6 is 11.3 Å². The molecule has 1 saturated heterocycles. The highest BCUT2D eigenvalue weighted by atomic mass is 32.1. The molecule has 2 heterocycles. The second kappa shape index (κ2) is 7.07. The van der Waals surface area contributed by atoms with Crippen LogP contribution in [0.2, 0.25) is 0 Å². The lowest BCUT2D eigenvalue weighted by molar-refractivity contribution is 0.0913. The number of hydrogen-bond acceptors (Lipinski definition) is 3. The molecule has 1 N–H and O–H groups in total. The number of piperidine rings is 1. The first-order valence-corrected chi connectivity index (χ1v) is 8.71. The van der Waals surface area contributed by atoms with E-state index in [0.717, 1.165) is 37.4 Å². The molecule has 3 rings (SSSR count). The summed E-state index contributed by atoms with van der Waals surface area (Å²) in [6.45, 7) is 5.23. The van der Waals surface area contributed by atoms with Gasteiger partial charge in [0.05, 0.1) is 4.88 Å². The molecule has 0 spiro atoms. The Hall–Kier alpha value is -1.65. The monoisotopic (exact) mass is 314 g/mol. The van der Waals surface area contributed by atoms with Gasteiger partial charge in [-0.3, -0.25) is 9.69 Å². The third-order valence-electron chi connectivity index (χ3n) is 4.16. The molecule has 22 heavy (non-hydrogen) atoms. The van der Waals surface area contributed by atoms with Crippen LogP contribution in [0, 0.1) is 6.92 Å². The lowest BCUT2D eigenvalue weighted by Crippen LogP contribution is -2.44. The number of rotatable bonds is 4. The maximum atomic E-state index is 12.1. The maximum Gasteiger partial charge on any atom is 0.261 e. The van der Waals surface area contributed by atoms with Crippen LogP contribution in [0.15, 0.2) is 41.8 Å². The van der Waals surface area contributed by atoms with Crippen molar-refractivity contribution in [2.24, 2.45) is 0 Å². The normalized spacial score (nSPS) is 16.6. The van der Waals surface area contributed by atoms with Crippen LogP contribution in [0.4, 0.5) is 0 Å². The fraction of sp³-hybridized carbons (Fsp3) is 0.389. The van der Waals surface area contributed by atoms with Gasteiger partial charge in [-0.15, -0.1) is 11.3 Å². The largest absolute Gasteiger partial charge is 0.349 e. The minimum Gasteiger partial charge on any atom is -0.349 e. The molecular formula is C18H22N2OS. The maximum absolute atomic E-state index is 12.1. The molecule has 0 saturated carbocycles. The Balaban J connectivity index is 1.47. The van der Waals surface area contributed by atoms with E-state index >= 15 is 0 Å². The minimum absolute atomic E-state index is 0.0761. The first-order valence-electron chi connectivity index (χ1n) is 7.83. The summed E-state index contributed by atoms with van der Waals surface area (Å²) in [5, 5.41) is 5.10. The van der Waals surface area contributed by atoms with E-state index in [-0.39, 0.29) is 5.91 Å². The molecule has 0 bridgehead atoms. The van der Waals surface area contributed by atoms with Gasteiger partial charge in [0.15, 0.2) is 0 Å². The van der Waals surface area contributed by atoms with Crippen molar-refractivity contribution in [1.29, 1.82) is 0 Å². The average Bonchev–Trinajstić information content (AvgIpc) is 3.04. The molecule has 1 amide bonds. The van der Waals surface area contributed by atoms with Crippen molar-refractivity contribution in [3.63, 3.8) is 0 Å². The van der Waals surface area contributed by atoms with E-state index < -0.39 is 0 Å². The first kappa shape index (κ1) is 15.3. The number of carbonyl (C=O) groups is 1. The summed E-state index contributed by atoms with van der Waals surface area (Å²) in [7, 11) is 0. The van der Waals surface area contributed by atoms with Crippen molar-refractivity contribution >= 4 is 17.2 Å². The number of amides is 1. The Morgan fingerprint density at radius 1 is 1.27 bits per heavy atom. The van der Waals surface area contributed by atoms with Crippen LogP contribution in [-0.4, -0.2) is 29.9 Å². The number of hydrogen-bond donors (Lipinski definition) is 1. The number of thiophene rings is 1. The van der Waals surface area contributed by atoms with Gasteiger partial charge in [-0.25, -0.2) is 0 Å². The Bertz CT molecular complexity index is 616. The lowest BCUT2D eigenvalue weighted by atomic mass is 10.0. The Morgan fingerprint density at radius 2 is 2.09 bits per heavy atom. The van der Waals surface area contributed by atoms with Crippen LogP contribution in [-0.2, 0) is 6.54 Å². The molecule has 1 fully saturated rings. The molecule has 0 atom stereocenters. The van der Waals surface area contributed by atoms with Gasteiger partial charge in [-0.1, -0.05) is 35.9 Å². The summed E-state index contributed by atoms with van der Waals surface area (Å²) in [6, 6.07) is 12.8. The second-order valence-corrected chi connectivity index (χ2v) is 6.94. The predicted octanol–water partition coefficient (Wildman–Crippen LogP) is 3.45. The third kappa shape index (κ3) is 3.96. The number of aryl methyl sites for hydroxylation is 1. The van der Waals surface area contributed by atoms with Gasteiger partial charge in [0.1, 0.15) is 0 Å². The van der Waals surface area contributed by atoms with E-state index in [2.05, 4.69) is 41.4 Å². The molecule has 1 aromatic carbocycles. The zero-order valence-corrected chi connectivity index (χ0v) is 13.7. The quantitative estimate of drug-likeness (QED) is 0.937. The van der Waals surface area contributed by atoms with E-state index in [9.17, 15) is 4.79 Å². The molecule has 0 unspecified atom stereocenters. The summed E-state index contributed by atoms with van der Waals surface area (Å²) >= 11 is 1.50. The fourth-order valence-electron chi connectivity index (χ4n) is 2.97. The van der Waals surface area contributed by atoms with E-state index in [0.29, 0.717) is 6.04 Å². The van der Waals surface area contributed by atoms with Gasteiger partial charge in [0.2, 0.25) is 0 Å². The molecule has 3 nitrogen and oxygen atoms in total. The van der Waals surface area contributed by atoms with E-state index in [1.807, 2.05) is 17.5 Å². The number of carbonyl (C=O) groups excluding carboxylic acids is 1. The van der Waals surface area contributed by atoms with Crippen LogP contribution in [0.25, 0.3) is 0 Å². The summed E-state index contributed by atoms with van der Waals surface area (Å²) in [5.74, 6) is 0.0761. The summed E-state index contributed by atoms with van der Waals surface area (Å²) in [4.78, 5) is 15.4. The van der Waals surface area contributed by atoms with Gasteiger partial charge in [0.25, 0.3) is 5.91 Å². The van der Waals surface area contributed by atoms with Gasteiger partial charge in [-0.05, 0) is 36.8 Å². The molecule has 1 aliphatic rings. The predicted molar refractivity (Wildman–Crippen MR) is 91.3 cm³/mol. The van der Waals surface area contributed by atoms with Crippen LogP contribution in [0.5, 0.6) is 0 Å². The molecule has 4 heteroatoms. The van der Waals surface area contributed by atoms with Crippen LogP contribution in [0.1, 0.15) is 33.6 Å². The second-order valence-electron chi connectivity index (χ2n) is 5.99. The highest BCUT2D eigenvalue weighted by Crippen LogP contribution is 2.16. The van der Waals surface area contributed by atoms with Crippen molar-refractivity contribution in [3.8, 4) is 0 Å². The van der Waals surface area contributed by atoms with E-state index in [1.165, 1.54) is 22.5 Å². The van der Waals surface area contributed by atoms with Crippen molar-refractivity contribution < 1.29 is 4.79 Å². The highest BCUT2D eigenvalue weighted by Gasteiger charge is 2.21. The SMILES string of the molecule is Cc1cccc(CN2CCC(NC(=O)c3cccs3)CC2)c1. The van der Waals surface area contributed by atoms with Crippen molar-refractivity contribution in [2.45, 2.75) is 32.4 Å². The first-order chi connectivity index (χ1) is 10.7. The summed E-state index contributed by atoms with van der Waals surface area (Å²) in [6.07, 6.45) is 2.06. The summed E-state index contributed by atoms with van der Waals surface area (Å²) in [5.41, 5.74) is 2.69. The topological polar surface area (TPSA) is 32.3 Å². The third-order valence-corrected chi connectivity index (χ3v) is 5.03. The van der Waals surface area contributed by atoms with Crippen LogP contribution in [0.3, 0.4) is 0 Å². The van der Waals surface area contributed by atoms with Crippen molar-refractivity contribution in [2.75, 3.05) is 13.1 Å². The Labute approximate surface area is 136 Å².